The van der Waals surface area contributed by atoms with Gasteiger partial charge in [0.05, 0.1) is 25.4 Å². The number of rotatable bonds is 4. The van der Waals surface area contributed by atoms with Crippen molar-refractivity contribution in [2.75, 3.05) is 12.4 Å². The number of hydrogen-bond donors (Lipinski definition) is 1. The number of imidazole rings is 1. The van der Waals surface area contributed by atoms with Gasteiger partial charge in [0.15, 0.2) is 0 Å². The molecule has 2 aromatic rings. The quantitative estimate of drug-likeness (QED) is 0.874. The molecule has 19 heavy (non-hydrogen) atoms. The van der Waals surface area contributed by atoms with Crippen molar-refractivity contribution < 1.29 is 9.53 Å². The van der Waals surface area contributed by atoms with Crippen LogP contribution < -0.4 is 5.32 Å². The molecule has 0 saturated carbocycles. The fourth-order valence-electron chi connectivity index (χ4n) is 1.61. The summed E-state index contributed by atoms with van der Waals surface area (Å²) in [5, 5.41) is 3.80. The average Bonchev–Trinajstić information content (AvgIpc) is 2.76. The van der Waals surface area contributed by atoms with Crippen molar-refractivity contribution in [1.29, 1.82) is 0 Å². The Bertz CT molecular complexity index is 578. The van der Waals surface area contributed by atoms with Gasteiger partial charge in [-0.2, -0.15) is 0 Å². The highest BCUT2D eigenvalue weighted by Crippen LogP contribution is 2.13. The molecule has 0 unspecified atom stereocenters. The number of ether oxygens (including phenoxy) is 1. The molecule has 1 aromatic heterocycles. The van der Waals surface area contributed by atoms with Crippen LogP contribution in [0.4, 0.5) is 5.69 Å². The Labute approximate surface area is 116 Å². The van der Waals surface area contributed by atoms with Crippen molar-refractivity contribution in [3.8, 4) is 0 Å². The molecule has 0 radical (unpaired) electrons. The highest BCUT2D eigenvalue weighted by Gasteiger charge is 2.06. The van der Waals surface area contributed by atoms with Crippen molar-refractivity contribution in [1.82, 2.24) is 9.55 Å². The topological polar surface area (TPSA) is 56.1 Å². The summed E-state index contributed by atoms with van der Waals surface area (Å²) in [6.45, 7) is 0.556. The summed E-state index contributed by atoms with van der Waals surface area (Å²) in [6.07, 6.45) is 1.61. The Balaban J connectivity index is 2.00. The number of hydrogen-bond acceptors (Lipinski definition) is 4. The van der Waals surface area contributed by atoms with Gasteiger partial charge in [0.2, 0.25) is 0 Å². The van der Waals surface area contributed by atoms with Crippen LogP contribution in [0.15, 0.2) is 30.5 Å². The standard InChI is InChI=1S/C13H14ClN3O2/c1-17-11(14)7-16-12(17)8-15-10-5-3-9(4-6-10)13(18)19-2/h3-7,15H,8H2,1-2H3. The first-order chi connectivity index (χ1) is 9.11. The molecule has 0 amide bonds. The zero-order valence-electron chi connectivity index (χ0n) is 10.7. The minimum Gasteiger partial charge on any atom is -0.465 e. The van der Waals surface area contributed by atoms with Gasteiger partial charge in [-0.15, -0.1) is 0 Å². The van der Waals surface area contributed by atoms with Gasteiger partial charge in [-0.1, -0.05) is 11.6 Å². The third-order valence-corrected chi connectivity index (χ3v) is 3.14. The van der Waals surface area contributed by atoms with Crippen molar-refractivity contribution in [2.45, 2.75) is 6.54 Å². The van der Waals surface area contributed by atoms with Gasteiger partial charge < -0.3 is 14.6 Å². The number of anilines is 1. The molecule has 5 nitrogen and oxygen atoms in total. The van der Waals surface area contributed by atoms with Gasteiger partial charge in [-0.3, -0.25) is 0 Å². The highest BCUT2D eigenvalue weighted by atomic mass is 35.5. The smallest absolute Gasteiger partial charge is 0.337 e. The van der Waals surface area contributed by atoms with Gasteiger partial charge in [0.1, 0.15) is 11.0 Å². The van der Waals surface area contributed by atoms with Crippen molar-refractivity contribution in [3.05, 3.63) is 47.0 Å². The van der Waals surface area contributed by atoms with E-state index in [4.69, 9.17) is 11.6 Å². The van der Waals surface area contributed by atoms with E-state index in [9.17, 15) is 4.79 Å². The Morgan fingerprint density at radius 1 is 1.42 bits per heavy atom. The maximum atomic E-state index is 11.3. The number of methoxy groups -OCH3 is 1. The van der Waals surface area contributed by atoms with Crippen LogP contribution in [0, 0.1) is 0 Å². The van der Waals surface area contributed by atoms with Gasteiger partial charge in [-0.25, -0.2) is 9.78 Å². The van der Waals surface area contributed by atoms with E-state index in [0.29, 0.717) is 17.3 Å². The Hall–Kier alpha value is -2.01. The normalized spacial score (nSPS) is 10.3. The van der Waals surface area contributed by atoms with E-state index in [2.05, 4.69) is 15.0 Å². The molecule has 6 heteroatoms. The molecule has 0 saturated heterocycles. The van der Waals surface area contributed by atoms with Gasteiger partial charge >= 0.3 is 5.97 Å². The number of nitrogens with one attached hydrogen (secondary N) is 1. The van der Waals surface area contributed by atoms with Gasteiger partial charge in [0, 0.05) is 12.7 Å². The lowest BCUT2D eigenvalue weighted by Crippen LogP contribution is -2.06. The van der Waals surface area contributed by atoms with Crippen LogP contribution in [-0.4, -0.2) is 22.6 Å². The highest BCUT2D eigenvalue weighted by molar-refractivity contribution is 6.29. The first kappa shape index (κ1) is 13.4. The maximum Gasteiger partial charge on any atom is 0.337 e. The number of carbonyl (C=O) groups is 1. The summed E-state index contributed by atoms with van der Waals surface area (Å²) >= 11 is 5.90. The molecule has 0 atom stereocenters. The minimum absolute atomic E-state index is 0.345. The number of benzene rings is 1. The fourth-order valence-corrected chi connectivity index (χ4v) is 1.76. The molecule has 0 aliphatic heterocycles. The second-order valence-corrected chi connectivity index (χ2v) is 4.37. The first-order valence-electron chi connectivity index (χ1n) is 5.70. The molecule has 0 fully saturated rings. The molecule has 100 valence electrons. The van der Waals surface area contributed by atoms with E-state index < -0.39 is 0 Å². The second kappa shape index (κ2) is 5.75. The summed E-state index contributed by atoms with van der Waals surface area (Å²) < 4.78 is 6.44. The summed E-state index contributed by atoms with van der Waals surface area (Å²) in [6, 6.07) is 7.05. The zero-order valence-corrected chi connectivity index (χ0v) is 11.4. The number of esters is 1. The second-order valence-electron chi connectivity index (χ2n) is 3.98. The number of nitrogens with zero attached hydrogens (tertiary/aromatic N) is 2. The summed E-state index contributed by atoms with van der Waals surface area (Å²) in [7, 11) is 3.21. The Kier molecular flexibility index (Phi) is 4.06. The molecule has 1 N–H and O–H groups in total. The molecular formula is C13H14ClN3O2. The van der Waals surface area contributed by atoms with Crippen LogP contribution >= 0.6 is 11.6 Å². The van der Waals surface area contributed by atoms with Crippen molar-refractivity contribution in [3.63, 3.8) is 0 Å². The van der Waals surface area contributed by atoms with Crippen LogP contribution in [0.3, 0.4) is 0 Å². The van der Waals surface area contributed by atoms with Crippen molar-refractivity contribution >= 4 is 23.3 Å². The molecular weight excluding hydrogens is 266 g/mol. The minimum atomic E-state index is -0.345. The summed E-state index contributed by atoms with van der Waals surface area (Å²) in [4.78, 5) is 15.5. The summed E-state index contributed by atoms with van der Waals surface area (Å²) in [5.41, 5.74) is 1.42. The lowest BCUT2D eigenvalue weighted by molar-refractivity contribution is 0.0601. The van der Waals surface area contributed by atoms with E-state index in [0.717, 1.165) is 11.5 Å². The van der Waals surface area contributed by atoms with Crippen LogP contribution in [0.5, 0.6) is 0 Å². The first-order valence-corrected chi connectivity index (χ1v) is 6.08. The third-order valence-electron chi connectivity index (χ3n) is 2.78. The van der Waals surface area contributed by atoms with Crippen LogP contribution in [0.2, 0.25) is 5.15 Å². The summed E-state index contributed by atoms with van der Waals surface area (Å²) in [5.74, 6) is 0.490. The van der Waals surface area contributed by atoms with E-state index in [-0.39, 0.29) is 5.97 Å². The SMILES string of the molecule is COC(=O)c1ccc(NCc2ncc(Cl)n2C)cc1. The predicted molar refractivity (Wildman–Crippen MR) is 73.3 cm³/mol. The lowest BCUT2D eigenvalue weighted by Gasteiger charge is -2.07. The van der Waals surface area contributed by atoms with E-state index in [1.165, 1.54) is 7.11 Å². The third kappa shape index (κ3) is 3.06. The molecule has 1 aromatic carbocycles. The Morgan fingerprint density at radius 2 is 2.11 bits per heavy atom. The van der Waals surface area contributed by atoms with Gasteiger partial charge in [0.25, 0.3) is 0 Å². The molecule has 2 rings (SSSR count). The van der Waals surface area contributed by atoms with Crippen LogP contribution in [-0.2, 0) is 18.3 Å². The average molecular weight is 280 g/mol. The van der Waals surface area contributed by atoms with E-state index in [1.807, 2.05) is 19.2 Å². The number of carbonyl (C=O) groups excluding carboxylic acids is 1. The largest absolute Gasteiger partial charge is 0.465 e. The van der Waals surface area contributed by atoms with Crippen LogP contribution in [0.25, 0.3) is 0 Å². The van der Waals surface area contributed by atoms with Gasteiger partial charge in [-0.05, 0) is 24.3 Å². The Morgan fingerprint density at radius 3 is 2.63 bits per heavy atom. The fraction of sp³-hybridized carbons (Fsp3) is 0.231. The monoisotopic (exact) mass is 279 g/mol. The van der Waals surface area contributed by atoms with E-state index in [1.54, 1.807) is 22.9 Å². The van der Waals surface area contributed by atoms with Crippen molar-refractivity contribution in [2.24, 2.45) is 7.05 Å². The molecule has 1 heterocycles. The lowest BCUT2D eigenvalue weighted by atomic mass is 10.2. The van der Waals surface area contributed by atoms with E-state index >= 15 is 0 Å². The molecule has 0 aliphatic carbocycles. The number of aromatic nitrogens is 2. The zero-order chi connectivity index (χ0) is 13.8. The maximum absolute atomic E-state index is 11.3. The molecule has 0 aliphatic rings. The predicted octanol–water partition coefficient (Wildman–Crippen LogP) is 2.47. The molecule has 0 bridgehead atoms. The van der Waals surface area contributed by atoms with Crippen LogP contribution in [0.1, 0.15) is 16.2 Å². The number of halogens is 1. The molecule has 0 spiro atoms.